The van der Waals surface area contributed by atoms with Gasteiger partial charge in [-0.25, -0.2) is 4.79 Å². The molecule has 0 radical (unpaired) electrons. The minimum atomic E-state index is -0.891. The van der Waals surface area contributed by atoms with Crippen molar-refractivity contribution in [3.05, 3.63) is 39.9 Å². The fraction of sp³-hybridized carbons (Fsp3) is 0.200. The van der Waals surface area contributed by atoms with Crippen LogP contribution in [0.1, 0.15) is 21.0 Å². The van der Waals surface area contributed by atoms with Gasteiger partial charge in [0.25, 0.3) is 0 Å². The Hall–Kier alpha value is -1.66. The molecule has 0 amide bonds. The van der Waals surface area contributed by atoms with E-state index in [2.05, 4.69) is 10.5 Å². The molecule has 0 aromatic carbocycles. The Labute approximate surface area is 95.7 Å². The first kappa shape index (κ1) is 10.8. The molecule has 0 bridgehead atoms. The minimum Gasteiger partial charge on any atom is -0.478 e. The second-order valence-corrected chi connectivity index (χ2v) is 4.18. The fourth-order valence-electron chi connectivity index (χ4n) is 1.23. The number of hydrogen-bond acceptors (Lipinski definition) is 5. The van der Waals surface area contributed by atoms with Crippen LogP contribution in [0.4, 0.5) is 0 Å². The van der Waals surface area contributed by atoms with Crippen LogP contribution in [-0.2, 0) is 13.1 Å². The van der Waals surface area contributed by atoms with Crippen molar-refractivity contribution in [3.63, 3.8) is 0 Å². The number of carboxylic acids is 1. The lowest BCUT2D eigenvalue weighted by Crippen LogP contribution is -2.11. The van der Waals surface area contributed by atoms with E-state index >= 15 is 0 Å². The molecule has 0 aliphatic rings. The van der Waals surface area contributed by atoms with Gasteiger partial charge in [-0.05, 0) is 6.07 Å². The van der Waals surface area contributed by atoms with Crippen LogP contribution < -0.4 is 5.32 Å². The number of carbonyl (C=O) groups is 1. The van der Waals surface area contributed by atoms with E-state index < -0.39 is 5.97 Å². The number of rotatable bonds is 5. The lowest BCUT2D eigenvalue weighted by molar-refractivity contribution is 0.0697. The topological polar surface area (TPSA) is 75.4 Å². The maximum Gasteiger partial charge on any atom is 0.336 e. The average Bonchev–Trinajstić information content (AvgIpc) is 2.87. The predicted octanol–water partition coefficient (Wildman–Crippen LogP) is 1.72. The molecule has 0 aliphatic carbocycles. The summed E-state index contributed by atoms with van der Waals surface area (Å²) in [5, 5.41) is 17.1. The summed E-state index contributed by atoms with van der Waals surface area (Å²) in [4.78, 5) is 11.6. The van der Waals surface area contributed by atoms with Crippen LogP contribution in [0.3, 0.4) is 0 Å². The quantitative estimate of drug-likeness (QED) is 0.829. The van der Waals surface area contributed by atoms with Crippen molar-refractivity contribution in [3.8, 4) is 0 Å². The molecule has 2 rings (SSSR count). The minimum absolute atomic E-state index is 0.335. The Morgan fingerprint density at radius 2 is 2.44 bits per heavy atom. The lowest BCUT2D eigenvalue weighted by atomic mass is 10.3. The van der Waals surface area contributed by atoms with Gasteiger partial charge in [-0.3, -0.25) is 0 Å². The second-order valence-electron chi connectivity index (χ2n) is 3.19. The molecular weight excluding hydrogens is 228 g/mol. The molecule has 5 nitrogen and oxygen atoms in total. The molecule has 2 aromatic rings. The monoisotopic (exact) mass is 238 g/mol. The van der Waals surface area contributed by atoms with Crippen LogP contribution in [0, 0.1) is 0 Å². The zero-order valence-electron chi connectivity index (χ0n) is 8.34. The second kappa shape index (κ2) is 4.91. The molecule has 0 saturated heterocycles. The van der Waals surface area contributed by atoms with E-state index in [1.54, 1.807) is 23.7 Å². The molecule has 6 heteroatoms. The van der Waals surface area contributed by atoms with Crippen molar-refractivity contribution < 1.29 is 14.4 Å². The SMILES string of the molecule is O=C(O)c1csc(CNCc2ccno2)c1. The molecule has 84 valence electrons. The summed E-state index contributed by atoms with van der Waals surface area (Å²) in [5.41, 5.74) is 0.335. The van der Waals surface area contributed by atoms with Gasteiger partial charge in [0.05, 0.1) is 18.3 Å². The molecular formula is C10H10N2O3S. The van der Waals surface area contributed by atoms with E-state index in [9.17, 15) is 4.79 Å². The highest BCUT2D eigenvalue weighted by atomic mass is 32.1. The van der Waals surface area contributed by atoms with Crippen LogP contribution in [-0.4, -0.2) is 16.2 Å². The molecule has 2 N–H and O–H groups in total. The lowest BCUT2D eigenvalue weighted by Gasteiger charge is -1.98. The summed E-state index contributed by atoms with van der Waals surface area (Å²) >= 11 is 1.43. The standard InChI is InChI=1S/C10H10N2O3S/c13-10(14)7-3-9(16-6-7)5-11-4-8-1-2-12-15-8/h1-3,6,11H,4-5H2,(H,13,14). The molecule has 0 aliphatic heterocycles. The van der Waals surface area contributed by atoms with Crippen molar-refractivity contribution in [2.75, 3.05) is 0 Å². The molecule has 0 atom stereocenters. The smallest absolute Gasteiger partial charge is 0.336 e. The summed E-state index contributed by atoms with van der Waals surface area (Å²) in [6.07, 6.45) is 1.59. The summed E-state index contributed by atoms with van der Waals surface area (Å²) in [7, 11) is 0. The highest BCUT2D eigenvalue weighted by Crippen LogP contribution is 2.14. The average molecular weight is 238 g/mol. The van der Waals surface area contributed by atoms with Crippen molar-refractivity contribution in [2.24, 2.45) is 0 Å². The maximum absolute atomic E-state index is 10.6. The van der Waals surface area contributed by atoms with Crippen LogP contribution in [0.15, 0.2) is 28.2 Å². The number of thiophene rings is 1. The molecule has 0 spiro atoms. The van der Waals surface area contributed by atoms with Crippen molar-refractivity contribution in [1.82, 2.24) is 10.5 Å². The molecule has 16 heavy (non-hydrogen) atoms. The number of aromatic carboxylic acids is 1. The van der Waals surface area contributed by atoms with E-state index in [0.717, 1.165) is 10.6 Å². The van der Waals surface area contributed by atoms with E-state index in [-0.39, 0.29) is 0 Å². The summed E-state index contributed by atoms with van der Waals surface area (Å²) in [6.45, 7) is 1.21. The van der Waals surface area contributed by atoms with Gasteiger partial charge in [0, 0.05) is 22.9 Å². The van der Waals surface area contributed by atoms with Crippen molar-refractivity contribution in [1.29, 1.82) is 0 Å². The van der Waals surface area contributed by atoms with E-state index in [1.807, 2.05) is 0 Å². The van der Waals surface area contributed by atoms with Gasteiger partial charge in [0.2, 0.25) is 0 Å². The van der Waals surface area contributed by atoms with E-state index in [0.29, 0.717) is 18.7 Å². The normalized spacial score (nSPS) is 10.5. The molecule has 2 aromatic heterocycles. The highest BCUT2D eigenvalue weighted by molar-refractivity contribution is 7.10. The third-order valence-corrected chi connectivity index (χ3v) is 2.93. The Kier molecular flexibility index (Phi) is 3.33. The molecule has 0 saturated carbocycles. The van der Waals surface area contributed by atoms with Crippen LogP contribution in [0.5, 0.6) is 0 Å². The van der Waals surface area contributed by atoms with Crippen LogP contribution in [0.25, 0.3) is 0 Å². The van der Waals surface area contributed by atoms with E-state index in [1.165, 1.54) is 11.3 Å². The first-order chi connectivity index (χ1) is 7.75. The predicted molar refractivity (Wildman–Crippen MR) is 58.3 cm³/mol. The summed E-state index contributed by atoms with van der Waals surface area (Å²) in [5.74, 6) is -0.132. The number of aromatic nitrogens is 1. The van der Waals surface area contributed by atoms with Crippen molar-refractivity contribution >= 4 is 17.3 Å². The van der Waals surface area contributed by atoms with Gasteiger partial charge in [-0.2, -0.15) is 0 Å². The first-order valence-corrected chi connectivity index (χ1v) is 5.54. The number of nitrogens with zero attached hydrogens (tertiary/aromatic N) is 1. The zero-order chi connectivity index (χ0) is 11.4. The number of carboxylic acid groups (broad SMARTS) is 1. The van der Waals surface area contributed by atoms with Gasteiger partial charge >= 0.3 is 5.97 Å². The Balaban J connectivity index is 1.83. The van der Waals surface area contributed by atoms with Gasteiger partial charge in [-0.15, -0.1) is 11.3 Å². The van der Waals surface area contributed by atoms with Crippen LogP contribution >= 0.6 is 11.3 Å². The third kappa shape index (κ3) is 2.68. The largest absolute Gasteiger partial charge is 0.478 e. The third-order valence-electron chi connectivity index (χ3n) is 1.99. The fourth-order valence-corrected chi connectivity index (χ4v) is 2.06. The summed E-state index contributed by atoms with van der Waals surface area (Å²) < 4.78 is 4.91. The van der Waals surface area contributed by atoms with E-state index in [4.69, 9.17) is 9.63 Å². The molecule has 0 fully saturated rings. The molecule has 0 unspecified atom stereocenters. The Bertz CT molecular complexity index is 464. The highest BCUT2D eigenvalue weighted by Gasteiger charge is 2.06. The van der Waals surface area contributed by atoms with Gasteiger partial charge in [0.15, 0.2) is 0 Å². The first-order valence-electron chi connectivity index (χ1n) is 4.66. The van der Waals surface area contributed by atoms with Crippen molar-refractivity contribution in [2.45, 2.75) is 13.1 Å². The zero-order valence-corrected chi connectivity index (χ0v) is 9.16. The van der Waals surface area contributed by atoms with Crippen LogP contribution in [0.2, 0.25) is 0 Å². The molecule has 2 heterocycles. The maximum atomic E-state index is 10.6. The van der Waals surface area contributed by atoms with Gasteiger partial charge < -0.3 is 14.9 Å². The Morgan fingerprint density at radius 1 is 1.56 bits per heavy atom. The number of hydrogen-bond donors (Lipinski definition) is 2. The van der Waals surface area contributed by atoms with Gasteiger partial charge in [0.1, 0.15) is 5.76 Å². The number of nitrogens with one attached hydrogen (secondary N) is 1. The van der Waals surface area contributed by atoms with Gasteiger partial charge in [-0.1, -0.05) is 5.16 Å². The Morgan fingerprint density at radius 3 is 3.06 bits per heavy atom. The summed E-state index contributed by atoms with van der Waals surface area (Å²) in [6, 6.07) is 3.45.